The van der Waals surface area contributed by atoms with Crippen LogP contribution in [0.2, 0.25) is 0 Å². The molecule has 31 heavy (non-hydrogen) atoms. The Morgan fingerprint density at radius 3 is 2.23 bits per heavy atom. The van der Waals surface area contributed by atoms with Gasteiger partial charge in [0.05, 0.1) is 17.3 Å². The van der Waals surface area contributed by atoms with E-state index in [-0.39, 0.29) is 23.9 Å². The number of hydrogen-bond donors (Lipinski definition) is 0. The van der Waals surface area contributed by atoms with Gasteiger partial charge in [-0.3, -0.25) is 4.98 Å². The third-order valence-corrected chi connectivity index (χ3v) is 4.80. The summed E-state index contributed by atoms with van der Waals surface area (Å²) in [6, 6.07) is 16.1. The number of halogens is 2. The molecule has 0 radical (unpaired) electrons. The molecule has 5 aromatic rings. The van der Waals surface area contributed by atoms with Gasteiger partial charge >= 0.3 is 0 Å². The first-order chi connectivity index (χ1) is 15.2. The zero-order chi connectivity index (χ0) is 21.2. The smallest absolute Gasteiger partial charge is 0.242 e. The molecule has 2 aromatic carbocycles. The van der Waals surface area contributed by atoms with Crippen molar-refractivity contribution in [1.82, 2.24) is 24.8 Å². The van der Waals surface area contributed by atoms with Crippen LogP contribution in [0, 0.1) is 11.6 Å². The average molecular weight is 415 g/mol. The van der Waals surface area contributed by atoms with E-state index in [9.17, 15) is 8.78 Å². The first kappa shape index (κ1) is 18.8. The SMILES string of the molecule is Fc1ccccc1-c1c(OCc2ccncc2)nn2c(-c3ccccc3F)nncc12. The first-order valence-corrected chi connectivity index (χ1v) is 9.48. The number of nitrogens with zero attached hydrogens (tertiary/aromatic N) is 5. The molecule has 0 bridgehead atoms. The molecule has 0 unspecified atom stereocenters. The second kappa shape index (κ2) is 7.91. The van der Waals surface area contributed by atoms with Crippen LogP contribution in [0.15, 0.2) is 79.3 Å². The molecule has 0 fully saturated rings. The summed E-state index contributed by atoms with van der Waals surface area (Å²) in [5.74, 6) is -0.525. The molecule has 3 aromatic heterocycles. The lowest BCUT2D eigenvalue weighted by molar-refractivity contribution is 0.293. The van der Waals surface area contributed by atoms with Crippen molar-refractivity contribution in [3.05, 3.63) is 96.5 Å². The molecule has 0 N–H and O–H groups in total. The van der Waals surface area contributed by atoms with Crippen molar-refractivity contribution in [3.8, 4) is 28.4 Å². The van der Waals surface area contributed by atoms with Gasteiger partial charge in [0, 0.05) is 18.0 Å². The maximum absolute atomic E-state index is 14.7. The number of fused-ring (bicyclic) bond motifs is 1. The van der Waals surface area contributed by atoms with Crippen LogP contribution in [0.4, 0.5) is 8.78 Å². The Morgan fingerprint density at radius 2 is 1.52 bits per heavy atom. The Morgan fingerprint density at radius 1 is 0.839 bits per heavy atom. The van der Waals surface area contributed by atoms with Crippen LogP contribution in [0.25, 0.3) is 28.0 Å². The summed E-state index contributed by atoms with van der Waals surface area (Å²) in [6.07, 6.45) is 4.77. The fourth-order valence-corrected chi connectivity index (χ4v) is 3.33. The minimum Gasteiger partial charge on any atom is -0.471 e. The van der Waals surface area contributed by atoms with E-state index in [4.69, 9.17) is 4.74 Å². The van der Waals surface area contributed by atoms with Crippen molar-refractivity contribution in [1.29, 1.82) is 0 Å². The molecule has 6 nitrogen and oxygen atoms in total. The normalized spacial score (nSPS) is 11.0. The standard InChI is InChI=1S/C23H15F2N5O/c24-18-7-3-1-5-16(18)21-20-13-27-28-22(17-6-2-4-8-19(17)25)30(20)29-23(21)31-14-15-9-11-26-12-10-15/h1-13H,14H2. The molecule has 0 saturated carbocycles. The third-order valence-electron chi connectivity index (χ3n) is 4.80. The largest absolute Gasteiger partial charge is 0.471 e. The summed E-state index contributed by atoms with van der Waals surface area (Å²) in [5.41, 5.74) is 2.26. The number of pyridine rings is 1. The van der Waals surface area contributed by atoms with E-state index < -0.39 is 11.6 Å². The van der Waals surface area contributed by atoms with Gasteiger partial charge in [-0.05, 0) is 35.9 Å². The lowest BCUT2D eigenvalue weighted by Crippen LogP contribution is -2.01. The first-order valence-electron chi connectivity index (χ1n) is 9.48. The van der Waals surface area contributed by atoms with E-state index in [2.05, 4.69) is 20.3 Å². The fraction of sp³-hybridized carbons (Fsp3) is 0.0435. The second-order valence-electron chi connectivity index (χ2n) is 6.75. The summed E-state index contributed by atoms with van der Waals surface area (Å²) in [5, 5.41) is 12.6. The van der Waals surface area contributed by atoms with Crippen LogP contribution in [0.1, 0.15) is 5.56 Å². The van der Waals surface area contributed by atoms with Gasteiger partial charge < -0.3 is 4.74 Å². The van der Waals surface area contributed by atoms with Gasteiger partial charge in [0.25, 0.3) is 0 Å². The zero-order valence-corrected chi connectivity index (χ0v) is 16.1. The molecule has 3 heterocycles. The highest BCUT2D eigenvalue weighted by Crippen LogP contribution is 2.37. The van der Waals surface area contributed by atoms with E-state index in [1.54, 1.807) is 48.8 Å². The predicted molar refractivity (Wildman–Crippen MR) is 110 cm³/mol. The van der Waals surface area contributed by atoms with Crippen molar-refractivity contribution in [2.24, 2.45) is 0 Å². The molecular formula is C23H15F2N5O. The highest BCUT2D eigenvalue weighted by molar-refractivity contribution is 5.85. The highest BCUT2D eigenvalue weighted by Gasteiger charge is 2.22. The third kappa shape index (κ3) is 3.48. The Hall–Kier alpha value is -4.20. The molecule has 0 atom stereocenters. The van der Waals surface area contributed by atoms with Gasteiger partial charge in [0.2, 0.25) is 5.88 Å². The van der Waals surface area contributed by atoms with Crippen LogP contribution in [-0.2, 0) is 6.61 Å². The Kier molecular flexibility index (Phi) is 4.80. The van der Waals surface area contributed by atoms with Gasteiger partial charge in [-0.15, -0.1) is 10.2 Å². The van der Waals surface area contributed by atoms with Crippen LogP contribution in [0.5, 0.6) is 5.88 Å². The minimum atomic E-state index is -0.466. The lowest BCUT2D eigenvalue weighted by Gasteiger charge is -2.07. The molecule has 0 aliphatic rings. The van der Waals surface area contributed by atoms with Crippen molar-refractivity contribution >= 4 is 5.52 Å². The van der Waals surface area contributed by atoms with Gasteiger partial charge in [-0.2, -0.15) is 5.10 Å². The monoisotopic (exact) mass is 415 g/mol. The van der Waals surface area contributed by atoms with Gasteiger partial charge in [0.1, 0.15) is 23.8 Å². The van der Waals surface area contributed by atoms with Crippen molar-refractivity contribution < 1.29 is 13.5 Å². The van der Waals surface area contributed by atoms with Crippen molar-refractivity contribution in [3.63, 3.8) is 0 Å². The zero-order valence-electron chi connectivity index (χ0n) is 16.1. The molecule has 0 spiro atoms. The number of aromatic nitrogens is 5. The Bertz CT molecular complexity index is 1370. The van der Waals surface area contributed by atoms with Crippen molar-refractivity contribution in [2.45, 2.75) is 6.61 Å². The Labute approximate surface area is 175 Å². The molecule has 0 amide bonds. The minimum absolute atomic E-state index is 0.187. The van der Waals surface area contributed by atoms with E-state index in [1.165, 1.54) is 22.8 Å². The van der Waals surface area contributed by atoms with Crippen LogP contribution in [-0.4, -0.2) is 24.8 Å². The summed E-state index contributed by atoms with van der Waals surface area (Å²) in [4.78, 5) is 3.99. The van der Waals surface area contributed by atoms with Crippen LogP contribution >= 0.6 is 0 Å². The highest BCUT2D eigenvalue weighted by atomic mass is 19.1. The average Bonchev–Trinajstić information content (AvgIpc) is 3.17. The second-order valence-corrected chi connectivity index (χ2v) is 6.75. The summed E-state index contributed by atoms with van der Waals surface area (Å²) >= 11 is 0. The number of rotatable bonds is 5. The van der Waals surface area contributed by atoms with E-state index >= 15 is 0 Å². The van der Waals surface area contributed by atoms with Crippen LogP contribution < -0.4 is 4.74 Å². The predicted octanol–water partition coefficient (Wildman–Crippen LogP) is 4.71. The van der Waals surface area contributed by atoms with Crippen LogP contribution in [0.3, 0.4) is 0 Å². The molecule has 152 valence electrons. The number of ether oxygens (including phenoxy) is 1. The fourth-order valence-electron chi connectivity index (χ4n) is 3.33. The quantitative estimate of drug-likeness (QED) is 0.416. The molecule has 5 rings (SSSR count). The van der Waals surface area contributed by atoms with Gasteiger partial charge in [0.15, 0.2) is 5.82 Å². The molecule has 0 aliphatic carbocycles. The topological polar surface area (TPSA) is 65.2 Å². The maximum atomic E-state index is 14.7. The van der Waals surface area contributed by atoms with Crippen molar-refractivity contribution in [2.75, 3.05) is 0 Å². The summed E-state index contributed by atoms with van der Waals surface area (Å²) in [6.45, 7) is 0.198. The molecular weight excluding hydrogens is 400 g/mol. The van der Waals surface area contributed by atoms with E-state index in [0.29, 0.717) is 16.6 Å². The van der Waals surface area contributed by atoms with E-state index in [0.717, 1.165) is 5.56 Å². The number of hydrogen-bond acceptors (Lipinski definition) is 5. The lowest BCUT2D eigenvalue weighted by atomic mass is 10.1. The summed E-state index contributed by atoms with van der Waals surface area (Å²) < 4.78 is 36.6. The van der Waals surface area contributed by atoms with E-state index in [1.807, 2.05) is 12.1 Å². The maximum Gasteiger partial charge on any atom is 0.242 e. The number of benzene rings is 2. The van der Waals surface area contributed by atoms with Gasteiger partial charge in [-0.25, -0.2) is 13.3 Å². The molecule has 0 saturated heterocycles. The molecule has 0 aliphatic heterocycles. The van der Waals surface area contributed by atoms with Gasteiger partial charge in [-0.1, -0.05) is 30.3 Å². The molecule has 8 heteroatoms. The summed E-state index contributed by atoms with van der Waals surface area (Å²) in [7, 11) is 0. The Balaban J connectivity index is 1.71.